The summed E-state index contributed by atoms with van der Waals surface area (Å²) >= 11 is 13.7. The first kappa shape index (κ1) is 16.5. The number of rotatable bonds is 7. The number of amides is 1. The summed E-state index contributed by atoms with van der Waals surface area (Å²) in [7, 11) is 0. The first-order valence-corrected chi connectivity index (χ1v) is 8.23. The van der Waals surface area contributed by atoms with Gasteiger partial charge in [0.25, 0.3) is 5.91 Å². The molecular weight excluding hydrogens is 303 g/mol. The second-order valence-electron chi connectivity index (χ2n) is 4.17. The van der Waals surface area contributed by atoms with Crippen LogP contribution in [-0.4, -0.2) is 24.5 Å². The molecule has 0 atom stereocenters. The van der Waals surface area contributed by atoms with E-state index in [1.807, 2.05) is 11.8 Å². The number of nitrogens with two attached hydrogens (primary N) is 1. The number of benzene rings is 1. The predicted molar refractivity (Wildman–Crippen MR) is 85.4 cm³/mol. The van der Waals surface area contributed by atoms with E-state index >= 15 is 0 Å². The van der Waals surface area contributed by atoms with Gasteiger partial charge in [0, 0.05) is 12.2 Å². The Hall–Kier alpha value is -0.580. The number of unbranched alkanes of at least 4 members (excludes halogenated alkanes) is 2. The van der Waals surface area contributed by atoms with Crippen LogP contribution in [0.3, 0.4) is 0 Å². The van der Waals surface area contributed by atoms with Crippen LogP contribution in [0.1, 0.15) is 29.6 Å². The minimum absolute atomic E-state index is 0.232. The van der Waals surface area contributed by atoms with E-state index in [1.165, 1.54) is 18.6 Å². The van der Waals surface area contributed by atoms with Gasteiger partial charge in [0.15, 0.2) is 0 Å². The number of hydrogen-bond donors (Lipinski definition) is 2. The molecule has 0 saturated carbocycles. The number of carbonyl (C=O) groups excluding carboxylic acids is 1. The highest BCUT2D eigenvalue weighted by Crippen LogP contribution is 2.28. The van der Waals surface area contributed by atoms with Gasteiger partial charge < -0.3 is 11.1 Å². The fourth-order valence-electron chi connectivity index (χ4n) is 1.62. The lowest BCUT2D eigenvalue weighted by atomic mass is 10.2. The number of carbonyl (C=O) groups is 1. The Balaban J connectivity index is 2.46. The maximum atomic E-state index is 11.9. The van der Waals surface area contributed by atoms with E-state index < -0.39 is 0 Å². The minimum atomic E-state index is -0.232. The molecule has 6 heteroatoms. The first-order valence-electron chi connectivity index (χ1n) is 6.08. The van der Waals surface area contributed by atoms with Gasteiger partial charge in [0.2, 0.25) is 0 Å². The molecule has 0 aromatic heterocycles. The number of thioether (sulfide) groups is 1. The van der Waals surface area contributed by atoms with Crippen molar-refractivity contribution in [2.45, 2.75) is 19.3 Å². The predicted octanol–water partition coefficient (Wildman–Crippen LogP) is 3.84. The van der Waals surface area contributed by atoms with Crippen LogP contribution >= 0.6 is 35.0 Å². The van der Waals surface area contributed by atoms with Gasteiger partial charge in [-0.15, -0.1) is 0 Å². The summed E-state index contributed by atoms with van der Waals surface area (Å²) in [6.07, 6.45) is 5.32. The zero-order valence-electron chi connectivity index (χ0n) is 10.8. The molecule has 19 heavy (non-hydrogen) atoms. The SMILES string of the molecule is CSCCCCCNC(=O)c1cc(N)cc(Cl)c1Cl. The lowest BCUT2D eigenvalue weighted by molar-refractivity contribution is 0.0953. The molecule has 1 amide bonds. The van der Waals surface area contributed by atoms with Gasteiger partial charge in [-0.25, -0.2) is 0 Å². The first-order chi connectivity index (χ1) is 9.06. The van der Waals surface area contributed by atoms with E-state index in [0.717, 1.165) is 18.6 Å². The summed E-state index contributed by atoms with van der Waals surface area (Å²) in [5, 5.41) is 3.37. The van der Waals surface area contributed by atoms with Gasteiger partial charge >= 0.3 is 0 Å². The average molecular weight is 321 g/mol. The Labute approximate surface area is 128 Å². The van der Waals surface area contributed by atoms with Crippen LogP contribution in [0.5, 0.6) is 0 Å². The number of halogens is 2. The van der Waals surface area contributed by atoms with Crippen LogP contribution in [-0.2, 0) is 0 Å². The second kappa shape index (κ2) is 8.56. The summed E-state index contributed by atoms with van der Waals surface area (Å²) < 4.78 is 0. The molecule has 3 N–H and O–H groups in total. The maximum Gasteiger partial charge on any atom is 0.252 e. The van der Waals surface area contributed by atoms with Crippen LogP contribution in [0.2, 0.25) is 10.0 Å². The number of anilines is 1. The summed E-state index contributed by atoms with van der Waals surface area (Å²) in [6.45, 7) is 0.635. The molecule has 106 valence electrons. The molecule has 0 heterocycles. The summed E-state index contributed by atoms with van der Waals surface area (Å²) in [4.78, 5) is 11.9. The zero-order chi connectivity index (χ0) is 14.3. The summed E-state index contributed by atoms with van der Waals surface area (Å²) in [6, 6.07) is 3.07. The monoisotopic (exact) mass is 320 g/mol. The van der Waals surface area contributed by atoms with Crippen LogP contribution in [0, 0.1) is 0 Å². The fourth-order valence-corrected chi connectivity index (χ4v) is 2.54. The minimum Gasteiger partial charge on any atom is -0.399 e. The molecule has 0 radical (unpaired) electrons. The Kier molecular flexibility index (Phi) is 7.42. The van der Waals surface area contributed by atoms with Gasteiger partial charge in [-0.3, -0.25) is 4.79 Å². The molecule has 1 aromatic rings. The van der Waals surface area contributed by atoms with Crippen LogP contribution in [0.4, 0.5) is 5.69 Å². The van der Waals surface area contributed by atoms with Gasteiger partial charge in [0.1, 0.15) is 0 Å². The van der Waals surface area contributed by atoms with Crippen molar-refractivity contribution in [2.75, 3.05) is 24.3 Å². The molecule has 1 rings (SSSR count). The summed E-state index contributed by atoms with van der Waals surface area (Å²) in [5.74, 6) is 0.925. The van der Waals surface area contributed by atoms with Crippen molar-refractivity contribution in [3.63, 3.8) is 0 Å². The lowest BCUT2D eigenvalue weighted by Gasteiger charge is -2.08. The largest absolute Gasteiger partial charge is 0.399 e. The van der Waals surface area contributed by atoms with E-state index in [-0.39, 0.29) is 10.9 Å². The quantitative estimate of drug-likeness (QED) is 0.593. The van der Waals surface area contributed by atoms with Gasteiger partial charge in [-0.05, 0) is 37.0 Å². The highest BCUT2D eigenvalue weighted by Gasteiger charge is 2.13. The molecule has 0 aliphatic heterocycles. The number of nitrogens with one attached hydrogen (secondary N) is 1. The third-order valence-electron chi connectivity index (χ3n) is 2.61. The van der Waals surface area contributed by atoms with Gasteiger partial charge in [0.05, 0.1) is 15.6 Å². The van der Waals surface area contributed by atoms with Crippen LogP contribution in [0.15, 0.2) is 12.1 Å². The highest BCUT2D eigenvalue weighted by molar-refractivity contribution is 7.98. The van der Waals surface area contributed by atoms with Gasteiger partial charge in [-0.2, -0.15) is 11.8 Å². The molecule has 1 aromatic carbocycles. The van der Waals surface area contributed by atoms with Crippen molar-refractivity contribution in [2.24, 2.45) is 0 Å². The fraction of sp³-hybridized carbons (Fsp3) is 0.462. The standard InChI is InChI=1S/C13H18Cl2N2OS/c1-19-6-4-2-3-5-17-13(18)10-7-9(16)8-11(14)12(10)15/h7-8H,2-6,16H2,1H3,(H,17,18). The van der Waals surface area contributed by atoms with Crippen molar-refractivity contribution in [1.29, 1.82) is 0 Å². The average Bonchev–Trinajstić information content (AvgIpc) is 2.37. The Bertz CT molecular complexity index is 441. The maximum absolute atomic E-state index is 11.9. The van der Waals surface area contributed by atoms with Crippen LogP contribution in [0.25, 0.3) is 0 Å². The molecule has 0 fully saturated rings. The topological polar surface area (TPSA) is 55.1 Å². The molecule has 0 spiro atoms. The van der Waals surface area contributed by atoms with Crippen molar-refractivity contribution < 1.29 is 4.79 Å². The van der Waals surface area contributed by atoms with Crippen molar-refractivity contribution >= 4 is 46.6 Å². The third kappa shape index (κ3) is 5.51. The van der Waals surface area contributed by atoms with Gasteiger partial charge in [-0.1, -0.05) is 29.6 Å². The van der Waals surface area contributed by atoms with Crippen molar-refractivity contribution in [3.05, 3.63) is 27.7 Å². The second-order valence-corrected chi connectivity index (χ2v) is 5.94. The van der Waals surface area contributed by atoms with E-state index in [0.29, 0.717) is 22.8 Å². The van der Waals surface area contributed by atoms with E-state index in [1.54, 1.807) is 0 Å². The summed E-state index contributed by atoms with van der Waals surface area (Å²) in [5.41, 5.74) is 6.41. The molecule has 3 nitrogen and oxygen atoms in total. The number of hydrogen-bond acceptors (Lipinski definition) is 3. The Morgan fingerprint density at radius 1 is 1.32 bits per heavy atom. The third-order valence-corrected chi connectivity index (χ3v) is 4.10. The lowest BCUT2D eigenvalue weighted by Crippen LogP contribution is -2.25. The van der Waals surface area contributed by atoms with E-state index in [4.69, 9.17) is 28.9 Å². The zero-order valence-corrected chi connectivity index (χ0v) is 13.2. The van der Waals surface area contributed by atoms with E-state index in [9.17, 15) is 4.79 Å². The molecule has 0 unspecified atom stereocenters. The Morgan fingerprint density at radius 3 is 2.74 bits per heavy atom. The van der Waals surface area contributed by atoms with Crippen molar-refractivity contribution in [1.82, 2.24) is 5.32 Å². The number of nitrogen functional groups attached to an aromatic ring is 1. The smallest absolute Gasteiger partial charge is 0.252 e. The Morgan fingerprint density at radius 2 is 2.05 bits per heavy atom. The molecule has 0 aliphatic carbocycles. The molecule has 0 bridgehead atoms. The highest BCUT2D eigenvalue weighted by atomic mass is 35.5. The van der Waals surface area contributed by atoms with Crippen molar-refractivity contribution in [3.8, 4) is 0 Å². The molecule has 0 saturated heterocycles. The van der Waals surface area contributed by atoms with Crippen LogP contribution < -0.4 is 11.1 Å². The normalized spacial score (nSPS) is 10.5. The molecular formula is C13H18Cl2N2OS. The molecule has 0 aliphatic rings. The van der Waals surface area contributed by atoms with E-state index in [2.05, 4.69) is 11.6 Å².